The Morgan fingerprint density at radius 2 is 2.08 bits per heavy atom. The molecule has 1 aliphatic heterocycles. The third-order valence-corrected chi connectivity index (χ3v) is 4.55. The average Bonchev–Trinajstić information content (AvgIpc) is 3.04. The molecule has 0 bridgehead atoms. The monoisotopic (exact) mass is 474 g/mol. The highest BCUT2D eigenvalue weighted by atomic mass is 127. The summed E-state index contributed by atoms with van der Waals surface area (Å²) < 4.78 is 5.41. The van der Waals surface area contributed by atoms with Crippen LogP contribution in [-0.4, -0.2) is 50.2 Å². The molecule has 0 saturated carbocycles. The molecule has 0 spiro atoms. The van der Waals surface area contributed by atoms with E-state index in [0.717, 1.165) is 30.4 Å². The van der Waals surface area contributed by atoms with Crippen molar-refractivity contribution in [3.63, 3.8) is 0 Å². The van der Waals surface area contributed by atoms with Crippen molar-refractivity contribution in [2.75, 3.05) is 33.3 Å². The largest absolute Gasteiger partial charge is 0.496 e. The molecule has 2 N–H and O–H groups in total. The fraction of sp³-hybridized carbons (Fsp3) is 0.650. The van der Waals surface area contributed by atoms with Gasteiger partial charge >= 0.3 is 0 Å². The number of methoxy groups -OCH3 is 1. The molecule has 0 unspecified atom stereocenters. The van der Waals surface area contributed by atoms with Gasteiger partial charge in [-0.2, -0.15) is 0 Å². The number of hydrogen-bond donors (Lipinski definition) is 2. The summed E-state index contributed by atoms with van der Waals surface area (Å²) in [6.45, 7) is 11.5. The van der Waals surface area contributed by atoms with Gasteiger partial charge < -0.3 is 15.4 Å². The first-order valence-electron chi connectivity index (χ1n) is 9.52. The Bertz CT molecular complexity index is 550. The first kappa shape index (κ1) is 23.0. The van der Waals surface area contributed by atoms with Crippen LogP contribution < -0.4 is 15.4 Å². The van der Waals surface area contributed by atoms with Gasteiger partial charge in [-0.15, -0.1) is 24.0 Å². The summed E-state index contributed by atoms with van der Waals surface area (Å²) in [4.78, 5) is 7.35. The van der Waals surface area contributed by atoms with Gasteiger partial charge in [-0.1, -0.05) is 32.0 Å². The molecule has 5 nitrogen and oxygen atoms in total. The number of likely N-dealkylation sites (tertiary alicyclic amines) is 1. The van der Waals surface area contributed by atoms with E-state index in [0.29, 0.717) is 18.5 Å². The van der Waals surface area contributed by atoms with Crippen molar-refractivity contribution in [2.45, 2.75) is 46.2 Å². The fourth-order valence-corrected chi connectivity index (χ4v) is 3.39. The lowest BCUT2D eigenvalue weighted by Gasteiger charge is -2.27. The molecule has 1 aromatic carbocycles. The Hall–Kier alpha value is -1.02. The second kappa shape index (κ2) is 12.4. The van der Waals surface area contributed by atoms with Gasteiger partial charge in [0.1, 0.15) is 5.75 Å². The number of rotatable bonds is 8. The van der Waals surface area contributed by atoms with Crippen molar-refractivity contribution in [3.8, 4) is 5.75 Å². The molecule has 0 aromatic heterocycles. The fourth-order valence-electron chi connectivity index (χ4n) is 3.39. The zero-order valence-electron chi connectivity index (χ0n) is 16.6. The van der Waals surface area contributed by atoms with Crippen molar-refractivity contribution >= 4 is 29.9 Å². The standard InChI is InChI=1S/C20H34N4O.HI/c1-5-21-20(22-13-17-9-6-7-11-19(17)25-4)23-14-18-10-8-12-24(18)15-16(2)3;/h6-7,9,11,16,18H,5,8,10,12-15H2,1-4H3,(H2,21,22,23);1H/t18-;/m1./s1. The number of hydrogen-bond acceptors (Lipinski definition) is 3. The van der Waals surface area contributed by atoms with Gasteiger partial charge in [0.2, 0.25) is 0 Å². The second-order valence-corrected chi connectivity index (χ2v) is 7.07. The number of ether oxygens (including phenoxy) is 1. The summed E-state index contributed by atoms with van der Waals surface area (Å²) in [5, 5.41) is 6.88. The molecule has 6 heteroatoms. The van der Waals surface area contributed by atoms with Crippen molar-refractivity contribution in [2.24, 2.45) is 10.9 Å². The minimum atomic E-state index is 0. The summed E-state index contributed by atoms with van der Waals surface area (Å²) in [6, 6.07) is 8.66. The Morgan fingerprint density at radius 3 is 2.77 bits per heavy atom. The number of nitrogens with one attached hydrogen (secondary N) is 2. The molecule has 0 amide bonds. The minimum Gasteiger partial charge on any atom is -0.496 e. The van der Waals surface area contributed by atoms with Crippen LogP contribution in [0.4, 0.5) is 0 Å². The van der Waals surface area contributed by atoms with Gasteiger partial charge in [-0.3, -0.25) is 4.90 Å². The number of para-hydroxylation sites is 1. The quantitative estimate of drug-likeness (QED) is 0.344. The molecule has 0 aliphatic carbocycles. The molecule has 1 fully saturated rings. The maximum absolute atomic E-state index is 5.41. The molecular formula is C20H35IN4O. The molecular weight excluding hydrogens is 439 g/mol. The van der Waals surface area contributed by atoms with Crippen LogP contribution in [0.2, 0.25) is 0 Å². The molecule has 1 heterocycles. The Kier molecular flexibility index (Phi) is 11.0. The van der Waals surface area contributed by atoms with Crippen LogP contribution in [0.5, 0.6) is 5.75 Å². The van der Waals surface area contributed by atoms with Gasteiger partial charge in [0, 0.05) is 31.2 Å². The normalized spacial score (nSPS) is 17.9. The maximum Gasteiger partial charge on any atom is 0.191 e. The summed E-state index contributed by atoms with van der Waals surface area (Å²) in [5.74, 6) is 2.49. The van der Waals surface area contributed by atoms with Crippen LogP contribution in [0.25, 0.3) is 0 Å². The number of halogens is 1. The third kappa shape index (κ3) is 7.31. The molecule has 0 radical (unpaired) electrons. The van der Waals surface area contributed by atoms with Crippen LogP contribution in [0.1, 0.15) is 39.2 Å². The number of aliphatic imine (C=N–C) groups is 1. The van der Waals surface area contributed by atoms with Crippen LogP contribution in [0.3, 0.4) is 0 Å². The topological polar surface area (TPSA) is 48.9 Å². The summed E-state index contributed by atoms with van der Waals surface area (Å²) >= 11 is 0. The molecule has 1 saturated heterocycles. The van der Waals surface area contributed by atoms with E-state index in [9.17, 15) is 0 Å². The third-order valence-electron chi connectivity index (χ3n) is 4.55. The van der Waals surface area contributed by atoms with E-state index in [1.807, 2.05) is 18.2 Å². The Balaban J connectivity index is 0.00000338. The van der Waals surface area contributed by atoms with Gasteiger partial charge in [0.15, 0.2) is 5.96 Å². The van der Waals surface area contributed by atoms with Gasteiger partial charge in [0.25, 0.3) is 0 Å². The van der Waals surface area contributed by atoms with E-state index in [4.69, 9.17) is 9.73 Å². The van der Waals surface area contributed by atoms with Crippen molar-refractivity contribution in [3.05, 3.63) is 29.8 Å². The van der Waals surface area contributed by atoms with Crippen LogP contribution >= 0.6 is 24.0 Å². The average molecular weight is 474 g/mol. The van der Waals surface area contributed by atoms with Crippen molar-refractivity contribution in [1.82, 2.24) is 15.5 Å². The molecule has 1 aliphatic rings. The highest BCUT2D eigenvalue weighted by Gasteiger charge is 2.24. The van der Waals surface area contributed by atoms with Gasteiger partial charge in [0.05, 0.1) is 13.7 Å². The maximum atomic E-state index is 5.41. The van der Waals surface area contributed by atoms with E-state index >= 15 is 0 Å². The van der Waals surface area contributed by atoms with Crippen molar-refractivity contribution < 1.29 is 4.74 Å². The summed E-state index contributed by atoms with van der Waals surface area (Å²) in [7, 11) is 1.70. The first-order chi connectivity index (χ1) is 12.1. The lowest BCUT2D eigenvalue weighted by molar-refractivity contribution is 0.226. The highest BCUT2D eigenvalue weighted by molar-refractivity contribution is 14.0. The number of nitrogens with zero attached hydrogens (tertiary/aromatic N) is 2. The van der Waals surface area contributed by atoms with E-state index < -0.39 is 0 Å². The van der Waals surface area contributed by atoms with E-state index in [2.05, 4.69) is 42.4 Å². The first-order valence-corrected chi connectivity index (χ1v) is 9.52. The Labute approximate surface area is 176 Å². The van der Waals surface area contributed by atoms with Gasteiger partial charge in [-0.05, 0) is 38.3 Å². The highest BCUT2D eigenvalue weighted by Crippen LogP contribution is 2.19. The summed E-state index contributed by atoms with van der Waals surface area (Å²) in [6.07, 6.45) is 2.57. The minimum absolute atomic E-state index is 0. The zero-order chi connectivity index (χ0) is 18.1. The van der Waals surface area contributed by atoms with Gasteiger partial charge in [-0.25, -0.2) is 4.99 Å². The van der Waals surface area contributed by atoms with E-state index in [1.54, 1.807) is 7.11 Å². The lowest BCUT2D eigenvalue weighted by atomic mass is 10.1. The lowest BCUT2D eigenvalue weighted by Crippen LogP contribution is -2.45. The predicted octanol–water partition coefficient (Wildman–Crippen LogP) is 3.49. The van der Waals surface area contributed by atoms with E-state index in [1.165, 1.54) is 25.9 Å². The van der Waals surface area contributed by atoms with Crippen molar-refractivity contribution in [1.29, 1.82) is 0 Å². The molecule has 1 atom stereocenters. The van der Waals surface area contributed by atoms with E-state index in [-0.39, 0.29) is 24.0 Å². The molecule has 148 valence electrons. The number of guanidine groups is 1. The molecule has 2 rings (SSSR count). The van der Waals surface area contributed by atoms with Crippen LogP contribution in [0, 0.1) is 5.92 Å². The smallest absolute Gasteiger partial charge is 0.191 e. The zero-order valence-corrected chi connectivity index (χ0v) is 19.0. The number of benzene rings is 1. The molecule has 1 aromatic rings. The Morgan fingerprint density at radius 1 is 1.31 bits per heavy atom. The van der Waals surface area contributed by atoms with Crippen LogP contribution in [-0.2, 0) is 6.54 Å². The second-order valence-electron chi connectivity index (χ2n) is 7.07. The SMILES string of the molecule is CCNC(=NCc1ccccc1OC)NC[C@H]1CCCN1CC(C)C.I. The summed E-state index contributed by atoms with van der Waals surface area (Å²) in [5.41, 5.74) is 1.10. The molecule has 26 heavy (non-hydrogen) atoms. The van der Waals surface area contributed by atoms with Crippen LogP contribution in [0.15, 0.2) is 29.3 Å². The predicted molar refractivity (Wildman–Crippen MR) is 121 cm³/mol.